The molecule has 4 rings (SSSR count). The van der Waals surface area contributed by atoms with Crippen molar-refractivity contribution in [2.45, 2.75) is 87.8 Å². The predicted octanol–water partition coefficient (Wildman–Crippen LogP) is 5.30. The first kappa shape index (κ1) is 32.3. The van der Waals surface area contributed by atoms with Gasteiger partial charge in [0.1, 0.15) is 6.04 Å². The third-order valence-corrected chi connectivity index (χ3v) is 11.6. The maximum absolute atomic E-state index is 14.7. The molecule has 8 heteroatoms. The molecular weight excluding hydrogens is 546 g/mol. The molecule has 1 aromatic rings. The molecule has 0 aromatic heterocycles. The van der Waals surface area contributed by atoms with Gasteiger partial charge in [-0.3, -0.25) is 14.4 Å². The highest BCUT2D eigenvalue weighted by Crippen LogP contribution is 2.69. The van der Waals surface area contributed by atoms with Gasteiger partial charge in [0.05, 0.1) is 16.6 Å². The minimum Gasteiger partial charge on any atom is -0.396 e. The second-order valence-corrected chi connectivity index (χ2v) is 13.8. The van der Waals surface area contributed by atoms with Crippen LogP contribution in [-0.4, -0.2) is 80.9 Å². The zero-order chi connectivity index (χ0) is 30.4. The largest absolute Gasteiger partial charge is 0.396 e. The van der Waals surface area contributed by atoms with Gasteiger partial charge in [-0.2, -0.15) is 0 Å². The fourth-order valence-electron chi connectivity index (χ4n) is 7.67. The van der Waals surface area contributed by atoms with E-state index >= 15 is 0 Å². The van der Waals surface area contributed by atoms with Crippen molar-refractivity contribution in [3.63, 3.8) is 0 Å². The number of likely N-dealkylation sites (tertiary alicyclic amines) is 1. The summed E-state index contributed by atoms with van der Waals surface area (Å²) in [6.07, 6.45) is 9.39. The third kappa shape index (κ3) is 5.81. The molecule has 0 saturated carbocycles. The molecule has 3 aliphatic heterocycles. The molecule has 7 nitrogen and oxygen atoms in total. The highest BCUT2D eigenvalue weighted by molar-refractivity contribution is 8.02. The van der Waals surface area contributed by atoms with Crippen LogP contribution in [0.1, 0.15) is 65.7 Å². The Kier molecular flexibility index (Phi) is 11.0. The Morgan fingerprint density at radius 1 is 1.12 bits per heavy atom. The molecule has 3 saturated heterocycles. The molecule has 42 heavy (non-hydrogen) atoms. The number of fused-ring (bicyclic) bond motifs is 1. The van der Waals surface area contributed by atoms with E-state index in [1.54, 1.807) is 28.8 Å². The average molecular weight is 596 g/mol. The van der Waals surface area contributed by atoms with Gasteiger partial charge in [0, 0.05) is 43.2 Å². The van der Waals surface area contributed by atoms with Crippen LogP contribution < -0.4 is 4.90 Å². The van der Waals surface area contributed by atoms with Crippen molar-refractivity contribution in [2.75, 3.05) is 31.1 Å². The molecule has 1 N–H and O–H groups in total. The van der Waals surface area contributed by atoms with E-state index in [0.29, 0.717) is 19.6 Å². The molecular formula is C34H49N3O4S. The van der Waals surface area contributed by atoms with E-state index in [1.165, 1.54) is 0 Å². The highest BCUT2D eigenvalue weighted by atomic mass is 32.2. The van der Waals surface area contributed by atoms with Crippen LogP contribution in [-0.2, 0) is 14.4 Å². The van der Waals surface area contributed by atoms with E-state index in [9.17, 15) is 19.5 Å². The first-order chi connectivity index (χ1) is 20.3. The monoisotopic (exact) mass is 595 g/mol. The Morgan fingerprint density at radius 3 is 2.45 bits per heavy atom. The number of amides is 3. The third-order valence-electron chi connectivity index (χ3n) is 9.56. The van der Waals surface area contributed by atoms with Gasteiger partial charge in [-0.15, -0.1) is 24.9 Å². The van der Waals surface area contributed by atoms with E-state index in [-0.39, 0.29) is 41.5 Å². The molecule has 4 unspecified atom stereocenters. The minimum atomic E-state index is -0.647. The van der Waals surface area contributed by atoms with Crippen molar-refractivity contribution in [3.05, 3.63) is 55.6 Å². The fraction of sp³-hybridized carbons (Fsp3) is 0.618. The van der Waals surface area contributed by atoms with Crippen molar-refractivity contribution >= 4 is 35.2 Å². The van der Waals surface area contributed by atoms with E-state index in [0.717, 1.165) is 50.6 Å². The number of unbranched alkanes of at least 4 members (excludes halogenated alkanes) is 3. The number of carbonyl (C=O) groups is 3. The molecule has 2 bridgehead atoms. The number of thioether (sulfide) groups is 1. The van der Waals surface area contributed by atoms with Crippen LogP contribution in [0.25, 0.3) is 0 Å². The summed E-state index contributed by atoms with van der Waals surface area (Å²) in [5, 5.41) is 9.22. The van der Waals surface area contributed by atoms with Crippen LogP contribution in [0.5, 0.6) is 0 Å². The number of anilines is 1. The Hall–Kier alpha value is -2.58. The highest BCUT2D eigenvalue weighted by Gasteiger charge is 2.76. The summed E-state index contributed by atoms with van der Waals surface area (Å²) in [7, 11) is 0. The van der Waals surface area contributed by atoms with Crippen LogP contribution in [0.3, 0.4) is 0 Å². The molecule has 3 amide bonds. The lowest BCUT2D eigenvalue weighted by Crippen LogP contribution is -2.58. The van der Waals surface area contributed by atoms with Crippen molar-refractivity contribution in [1.29, 1.82) is 0 Å². The Labute approximate surface area is 256 Å². The summed E-state index contributed by atoms with van der Waals surface area (Å²) in [5.41, 5.74) is 0.793. The maximum atomic E-state index is 14.7. The van der Waals surface area contributed by atoms with Gasteiger partial charge in [0.15, 0.2) is 0 Å². The standard InChI is InChI=1S/C34H49N3O4S/c1-6-16-25(5)35(19-7-2)33(41)30-34-24(4)23-27(42-34)28(29(34)32(40)37(30)21-14-9-10-15-22-38)31(39)36(20-8-3)26-17-12-11-13-18-26/h7-8,11-13,17-18,24-25,27-30,38H,2-3,6,9-10,14-16,19-23H2,1,4-5H3/t24?,25?,27-,28+,29+,30?,34?/m1/s1. The normalized spacial score (nSPS) is 28.4. The summed E-state index contributed by atoms with van der Waals surface area (Å²) in [5.74, 6) is -1.03. The second kappa shape index (κ2) is 14.3. The smallest absolute Gasteiger partial charge is 0.247 e. The van der Waals surface area contributed by atoms with E-state index in [2.05, 4.69) is 33.9 Å². The minimum absolute atomic E-state index is 0.0128. The van der Waals surface area contributed by atoms with Crippen molar-refractivity contribution < 1.29 is 19.5 Å². The number of carbonyl (C=O) groups excluding carboxylic acids is 3. The zero-order valence-corrected chi connectivity index (χ0v) is 26.4. The van der Waals surface area contributed by atoms with Gasteiger partial charge in [0.2, 0.25) is 17.7 Å². The number of nitrogens with zero attached hydrogens (tertiary/aromatic N) is 3. The fourth-order valence-corrected chi connectivity index (χ4v) is 10.1. The van der Waals surface area contributed by atoms with Crippen LogP contribution >= 0.6 is 11.8 Å². The molecule has 1 aromatic carbocycles. The van der Waals surface area contributed by atoms with Crippen LogP contribution in [0.2, 0.25) is 0 Å². The van der Waals surface area contributed by atoms with Gasteiger partial charge < -0.3 is 19.8 Å². The van der Waals surface area contributed by atoms with Gasteiger partial charge in [-0.25, -0.2) is 0 Å². The predicted molar refractivity (Wildman–Crippen MR) is 171 cm³/mol. The quantitative estimate of drug-likeness (QED) is 0.207. The summed E-state index contributed by atoms with van der Waals surface area (Å²) >= 11 is 1.73. The number of aliphatic hydroxyl groups excluding tert-OH is 1. The number of benzene rings is 1. The molecule has 3 heterocycles. The van der Waals surface area contributed by atoms with Gasteiger partial charge in [-0.05, 0) is 50.7 Å². The zero-order valence-electron chi connectivity index (χ0n) is 25.6. The lowest BCUT2D eigenvalue weighted by atomic mass is 9.65. The van der Waals surface area contributed by atoms with E-state index < -0.39 is 22.6 Å². The number of hydrogen-bond acceptors (Lipinski definition) is 5. The maximum Gasteiger partial charge on any atom is 0.247 e. The van der Waals surface area contributed by atoms with Gasteiger partial charge in [-0.1, -0.05) is 63.5 Å². The number of hydrogen-bond donors (Lipinski definition) is 1. The Balaban J connectivity index is 1.74. The van der Waals surface area contributed by atoms with Crippen LogP contribution in [0.4, 0.5) is 5.69 Å². The molecule has 0 aliphatic carbocycles. The lowest BCUT2D eigenvalue weighted by molar-refractivity contribution is -0.144. The SMILES string of the molecule is C=CCN(C(=O)[C@@H]1[C@H]2C(=O)N(CCCCCCO)C(C(=O)N(CC=C)C(C)CCC)C23S[C@@H]1CC3C)c1ccccc1. The Bertz CT molecular complexity index is 1130. The van der Waals surface area contributed by atoms with Gasteiger partial charge >= 0.3 is 0 Å². The van der Waals surface area contributed by atoms with Crippen molar-refractivity contribution in [3.8, 4) is 0 Å². The topological polar surface area (TPSA) is 81.2 Å². The molecule has 1 spiro atoms. The average Bonchev–Trinajstić information content (AvgIpc) is 3.58. The van der Waals surface area contributed by atoms with Crippen LogP contribution in [0.15, 0.2) is 55.6 Å². The number of para-hydroxylation sites is 1. The summed E-state index contributed by atoms with van der Waals surface area (Å²) in [4.78, 5) is 49.2. The molecule has 3 aliphatic rings. The Morgan fingerprint density at radius 2 is 1.81 bits per heavy atom. The summed E-state index contributed by atoms with van der Waals surface area (Å²) < 4.78 is -0.647. The second-order valence-electron chi connectivity index (χ2n) is 12.2. The van der Waals surface area contributed by atoms with Gasteiger partial charge in [0.25, 0.3) is 0 Å². The van der Waals surface area contributed by atoms with Crippen LogP contribution in [0, 0.1) is 17.8 Å². The molecule has 0 radical (unpaired) electrons. The first-order valence-corrected chi connectivity index (χ1v) is 16.6. The number of rotatable bonds is 16. The molecule has 7 atom stereocenters. The van der Waals surface area contributed by atoms with Crippen molar-refractivity contribution in [2.24, 2.45) is 17.8 Å². The molecule has 3 fully saturated rings. The molecule has 230 valence electrons. The van der Waals surface area contributed by atoms with E-state index in [4.69, 9.17) is 0 Å². The summed E-state index contributed by atoms with van der Waals surface area (Å²) in [6, 6.07) is 9.01. The summed E-state index contributed by atoms with van der Waals surface area (Å²) in [6.45, 7) is 15.6. The van der Waals surface area contributed by atoms with E-state index in [1.807, 2.05) is 40.1 Å². The lowest BCUT2D eigenvalue weighted by Gasteiger charge is -2.42. The number of aliphatic hydroxyl groups is 1. The first-order valence-electron chi connectivity index (χ1n) is 15.8. The van der Waals surface area contributed by atoms with Crippen molar-refractivity contribution in [1.82, 2.24) is 9.80 Å².